The van der Waals surface area contributed by atoms with Crippen LogP contribution in [0.5, 0.6) is 0 Å². The largest absolute Gasteiger partial charge is 0.380 e. The van der Waals surface area contributed by atoms with Crippen LogP contribution in [0.15, 0.2) is 27.2 Å². The molecule has 78 valence electrons. The number of rotatable bonds is 1. The second-order valence-corrected chi connectivity index (χ2v) is 4.01. The van der Waals surface area contributed by atoms with E-state index in [1.54, 1.807) is 6.07 Å². The van der Waals surface area contributed by atoms with Crippen molar-refractivity contribution in [3.63, 3.8) is 0 Å². The molecule has 15 heavy (non-hydrogen) atoms. The maximum absolute atomic E-state index is 13.5. The van der Waals surface area contributed by atoms with E-state index in [1.165, 1.54) is 12.1 Å². The quantitative estimate of drug-likeness (QED) is 0.875. The van der Waals surface area contributed by atoms with Crippen molar-refractivity contribution in [1.82, 2.24) is 5.16 Å². The lowest BCUT2D eigenvalue weighted by Crippen LogP contribution is -1.86. The van der Waals surface area contributed by atoms with E-state index in [9.17, 15) is 4.39 Å². The second-order valence-electron chi connectivity index (χ2n) is 2.81. The Kier molecular flexibility index (Phi) is 2.67. The Hall–Kier alpha value is -1.07. The molecule has 0 aliphatic rings. The van der Waals surface area contributed by atoms with Crippen molar-refractivity contribution in [2.24, 2.45) is 0 Å². The smallest absolute Gasteiger partial charge is 0.187 e. The van der Waals surface area contributed by atoms with Crippen molar-refractivity contribution in [2.75, 3.05) is 5.73 Å². The van der Waals surface area contributed by atoms with Gasteiger partial charge in [0.1, 0.15) is 10.3 Å². The van der Waals surface area contributed by atoms with Gasteiger partial charge in [-0.1, -0.05) is 22.8 Å². The van der Waals surface area contributed by atoms with Crippen LogP contribution in [-0.4, -0.2) is 5.16 Å². The van der Waals surface area contributed by atoms with Crippen LogP contribution in [0.2, 0.25) is 5.02 Å². The monoisotopic (exact) mass is 290 g/mol. The van der Waals surface area contributed by atoms with E-state index in [-0.39, 0.29) is 22.2 Å². The van der Waals surface area contributed by atoms with Gasteiger partial charge in [-0.25, -0.2) is 4.39 Å². The molecule has 1 aromatic carbocycles. The van der Waals surface area contributed by atoms with Crippen molar-refractivity contribution in [3.05, 3.63) is 33.5 Å². The number of halogens is 3. The lowest BCUT2D eigenvalue weighted by molar-refractivity contribution is 0.433. The summed E-state index contributed by atoms with van der Waals surface area (Å²) >= 11 is 9.00. The molecule has 0 saturated carbocycles. The minimum absolute atomic E-state index is 0.148. The fourth-order valence-corrected chi connectivity index (χ4v) is 1.75. The van der Waals surface area contributed by atoms with Gasteiger partial charge in [0.05, 0.1) is 10.6 Å². The molecular formula is C9H5BrClFN2O. The summed E-state index contributed by atoms with van der Waals surface area (Å²) in [6.07, 6.45) is 0. The van der Waals surface area contributed by atoms with Crippen LogP contribution >= 0.6 is 27.5 Å². The molecule has 0 bridgehead atoms. The Labute approximate surface area is 98.1 Å². The van der Waals surface area contributed by atoms with Crippen LogP contribution in [-0.2, 0) is 0 Å². The van der Waals surface area contributed by atoms with Crippen LogP contribution in [0.25, 0.3) is 11.3 Å². The minimum Gasteiger partial charge on any atom is -0.380 e. The molecule has 1 aromatic heterocycles. The molecule has 2 rings (SSSR count). The van der Waals surface area contributed by atoms with E-state index in [1.807, 2.05) is 0 Å². The first kappa shape index (κ1) is 10.4. The van der Waals surface area contributed by atoms with E-state index < -0.39 is 5.82 Å². The van der Waals surface area contributed by atoms with Crippen molar-refractivity contribution in [2.45, 2.75) is 0 Å². The minimum atomic E-state index is -0.487. The molecule has 0 fully saturated rings. The Morgan fingerprint density at radius 1 is 1.47 bits per heavy atom. The lowest BCUT2D eigenvalue weighted by atomic mass is 10.1. The van der Waals surface area contributed by atoms with Crippen LogP contribution in [0.3, 0.4) is 0 Å². The van der Waals surface area contributed by atoms with Gasteiger partial charge in [0, 0.05) is 0 Å². The number of nitrogen functional groups attached to an aromatic ring is 1. The maximum atomic E-state index is 13.5. The zero-order valence-electron chi connectivity index (χ0n) is 7.30. The predicted octanol–water partition coefficient (Wildman–Crippen LogP) is 3.48. The summed E-state index contributed by atoms with van der Waals surface area (Å²) in [6, 6.07) is 4.35. The Balaban J connectivity index is 2.69. The topological polar surface area (TPSA) is 52.0 Å². The molecule has 3 nitrogen and oxygen atoms in total. The molecule has 6 heteroatoms. The maximum Gasteiger partial charge on any atom is 0.187 e. The third kappa shape index (κ3) is 1.72. The number of hydrogen-bond acceptors (Lipinski definition) is 3. The van der Waals surface area contributed by atoms with Gasteiger partial charge in [0.2, 0.25) is 0 Å². The molecule has 2 aromatic rings. The molecule has 0 saturated heterocycles. The zero-order chi connectivity index (χ0) is 11.0. The van der Waals surface area contributed by atoms with Gasteiger partial charge in [-0.3, -0.25) is 0 Å². The first-order valence-electron chi connectivity index (χ1n) is 3.96. The highest BCUT2D eigenvalue weighted by Crippen LogP contribution is 2.37. The number of nitrogens with two attached hydrogens (primary N) is 1. The third-order valence-electron chi connectivity index (χ3n) is 1.85. The fourth-order valence-electron chi connectivity index (χ4n) is 1.16. The van der Waals surface area contributed by atoms with Crippen LogP contribution in [0.1, 0.15) is 0 Å². The number of benzene rings is 1. The Bertz CT molecular complexity index is 495. The van der Waals surface area contributed by atoms with Crippen LogP contribution in [0.4, 0.5) is 10.2 Å². The SMILES string of the molecule is Nc1noc(-c2c(F)cccc2Cl)c1Br. The number of anilines is 1. The number of hydrogen-bond donors (Lipinski definition) is 1. The summed E-state index contributed by atoms with van der Waals surface area (Å²) in [5, 5.41) is 3.75. The summed E-state index contributed by atoms with van der Waals surface area (Å²) in [6.45, 7) is 0. The van der Waals surface area contributed by atoms with Crippen molar-refractivity contribution in [3.8, 4) is 11.3 Å². The highest BCUT2D eigenvalue weighted by Gasteiger charge is 2.19. The molecule has 0 spiro atoms. The predicted molar refractivity (Wildman–Crippen MR) is 59.0 cm³/mol. The normalized spacial score (nSPS) is 10.6. The van der Waals surface area contributed by atoms with E-state index in [0.717, 1.165) is 0 Å². The van der Waals surface area contributed by atoms with E-state index in [0.29, 0.717) is 4.47 Å². The molecule has 0 unspecified atom stereocenters. The lowest BCUT2D eigenvalue weighted by Gasteiger charge is -2.01. The summed E-state index contributed by atoms with van der Waals surface area (Å²) in [5.41, 5.74) is 5.61. The summed E-state index contributed by atoms with van der Waals surface area (Å²) < 4.78 is 18.8. The highest BCUT2D eigenvalue weighted by molar-refractivity contribution is 9.10. The first-order valence-corrected chi connectivity index (χ1v) is 5.13. The molecule has 0 radical (unpaired) electrons. The van der Waals surface area contributed by atoms with E-state index >= 15 is 0 Å². The third-order valence-corrected chi connectivity index (χ3v) is 2.93. The van der Waals surface area contributed by atoms with Gasteiger partial charge in [-0.2, -0.15) is 0 Å². The Morgan fingerprint density at radius 2 is 2.20 bits per heavy atom. The van der Waals surface area contributed by atoms with E-state index in [2.05, 4.69) is 21.1 Å². The van der Waals surface area contributed by atoms with Gasteiger partial charge >= 0.3 is 0 Å². The molecular weight excluding hydrogens is 286 g/mol. The van der Waals surface area contributed by atoms with E-state index in [4.69, 9.17) is 21.9 Å². The van der Waals surface area contributed by atoms with Gasteiger partial charge in [0.15, 0.2) is 11.6 Å². The number of aromatic nitrogens is 1. The molecule has 2 N–H and O–H groups in total. The average Bonchev–Trinajstić information content (AvgIpc) is 2.49. The molecule has 0 atom stereocenters. The Morgan fingerprint density at radius 3 is 2.73 bits per heavy atom. The molecule has 1 heterocycles. The van der Waals surface area contributed by atoms with Gasteiger partial charge < -0.3 is 10.3 Å². The molecule has 0 amide bonds. The zero-order valence-corrected chi connectivity index (χ0v) is 9.64. The van der Waals surface area contributed by atoms with Crippen molar-refractivity contribution < 1.29 is 8.91 Å². The fraction of sp³-hybridized carbons (Fsp3) is 0. The highest BCUT2D eigenvalue weighted by atomic mass is 79.9. The van der Waals surface area contributed by atoms with Crippen molar-refractivity contribution in [1.29, 1.82) is 0 Å². The summed E-state index contributed by atoms with van der Waals surface area (Å²) in [5.74, 6) is -0.140. The van der Waals surface area contributed by atoms with Crippen molar-refractivity contribution >= 4 is 33.3 Å². The average molecular weight is 292 g/mol. The second kappa shape index (κ2) is 3.83. The van der Waals surface area contributed by atoms with Gasteiger partial charge in [-0.05, 0) is 28.1 Å². The number of nitrogens with zero attached hydrogens (tertiary/aromatic N) is 1. The van der Waals surface area contributed by atoms with Gasteiger partial charge in [0.25, 0.3) is 0 Å². The first-order chi connectivity index (χ1) is 7.11. The van der Waals surface area contributed by atoms with Crippen LogP contribution in [0, 0.1) is 5.82 Å². The standard InChI is InChI=1S/C9H5BrClFN2O/c10-7-8(15-14-9(7)13)6-4(11)2-1-3-5(6)12/h1-3H,(H2,13,14). The molecule has 0 aliphatic carbocycles. The summed E-state index contributed by atoms with van der Waals surface area (Å²) in [4.78, 5) is 0. The van der Waals surface area contributed by atoms with Crippen LogP contribution < -0.4 is 5.73 Å². The summed E-state index contributed by atoms with van der Waals surface area (Å²) in [7, 11) is 0. The molecule has 0 aliphatic heterocycles. The van der Waals surface area contributed by atoms with Gasteiger partial charge in [-0.15, -0.1) is 0 Å².